The average molecular weight is 286 g/mol. The summed E-state index contributed by atoms with van der Waals surface area (Å²) < 4.78 is 0. The van der Waals surface area contributed by atoms with E-state index in [1.807, 2.05) is 30.3 Å². The number of phenols is 1. The number of nitrogens with two attached hydrogens (primary N) is 1. The van der Waals surface area contributed by atoms with Crippen LogP contribution in [0.3, 0.4) is 0 Å². The topological polar surface area (TPSA) is 95.6 Å². The third-order valence-corrected chi connectivity index (χ3v) is 3.40. The molecule has 2 aromatic rings. The van der Waals surface area contributed by atoms with Gasteiger partial charge >= 0.3 is 0 Å². The van der Waals surface area contributed by atoms with E-state index in [2.05, 4.69) is 5.32 Å². The van der Waals surface area contributed by atoms with Crippen LogP contribution in [0.25, 0.3) is 0 Å². The zero-order chi connectivity index (χ0) is 15.5. The Morgan fingerprint density at radius 1 is 1.24 bits per heavy atom. The van der Waals surface area contributed by atoms with Crippen LogP contribution in [0.15, 0.2) is 48.5 Å². The molecule has 0 saturated heterocycles. The lowest BCUT2D eigenvalue weighted by atomic mass is 9.92. The van der Waals surface area contributed by atoms with Crippen molar-refractivity contribution in [1.29, 1.82) is 0 Å². The fourth-order valence-electron chi connectivity index (χ4n) is 2.07. The van der Waals surface area contributed by atoms with Gasteiger partial charge in [-0.2, -0.15) is 0 Å². The Balaban J connectivity index is 2.30. The lowest BCUT2D eigenvalue weighted by Crippen LogP contribution is -2.46. The zero-order valence-electron chi connectivity index (χ0n) is 11.7. The highest BCUT2D eigenvalue weighted by molar-refractivity contribution is 6.00. The van der Waals surface area contributed by atoms with Crippen molar-refractivity contribution in [2.45, 2.75) is 12.5 Å². The van der Waals surface area contributed by atoms with Crippen molar-refractivity contribution in [2.24, 2.45) is 0 Å². The Hall–Kier alpha value is -2.53. The molecule has 21 heavy (non-hydrogen) atoms. The van der Waals surface area contributed by atoms with Crippen molar-refractivity contribution >= 4 is 11.6 Å². The van der Waals surface area contributed by atoms with Gasteiger partial charge in [0.05, 0.1) is 17.7 Å². The van der Waals surface area contributed by atoms with Gasteiger partial charge < -0.3 is 21.3 Å². The summed E-state index contributed by atoms with van der Waals surface area (Å²) in [6, 6.07) is 13.3. The minimum Gasteiger partial charge on any atom is -0.508 e. The van der Waals surface area contributed by atoms with Crippen LogP contribution in [0.2, 0.25) is 0 Å². The maximum atomic E-state index is 12.4. The van der Waals surface area contributed by atoms with Gasteiger partial charge in [-0.15, -0.1) is 0 Å². The van der Waals surface area contributed by atoms with Crippen molar-refractivity contribution < 1.29 is 15.0 Å². The van der Waals surface area contributed by atoms with Crippen LogP contribution >= 0.6 is 0 Å². The number of nitrogens with one attached hydrogen (secondary N) is 1. The number of carbonyl (C=O) groups is 1. The third kappa shape index (κ3) is 3.14. The van der Waals surface area contributed by atoms with Gasteiger partial charge in [0.25, 0.3) is 5.91 Å². The summed E-state index contributed by atoms with van der Waals surface area (Å²) in [7, 11) is 0. The van der Waals surface area contributed by atoms with E-state index in [0.29, 0.717) is 0 Å². The first-order valence-electron chi connectivity index (χ1n) is 6.53. The van der Waals surface area contributed by atoms with Crippen LogP contribution in [0.1, 0.15) is 22.8 Å². The number of carbonyl (C=O) groups excluding carboxylic acids is 1. The van der Waals surface area contributed by atoms with E-state index < -0.39 is 11.4 Å². The molecule has 2 aromatic carbocycles. The highest BCUT2D eigenvalue weighted by Crippen LogP contribution is 2.23. The Morgan fingerprint density at radius 3 is 2.52 bits per heavy atom. The SMILES string of the molecule is CC(CO)(NC(=O)c1cc(O)ccc1N)c1ccccc1. The van der Waals surface area contributed by atoms with Gasteiger partial charge in [0.1, 0.15) is 5.75 Å². The number of aromatic hydroxyl groups is 1. The predicted molar refractivity (Wildman–Crippen MR) is 80.9 cm³/mol. The molecule has 0 aliphatic rings. The molecule has 5 nitrogen and oxygen atoms in total. The molecular formula is C16H18N2O3. The summed E-state index contributed by atoms with van der Waals surface area (Å²) in [4.78, 5) is 12.4. The van der Waals surface area contributed by atoms with Crippen molar-refractivity contribution in [3.63, 3.8) is 0 Å². The summed E-state index contributed by atoms with van der Waals surface area (Å²) >= 11 is 0. The molecule has 2 rings (SSSR count). The number of benzene rings is 2. The highest BCUT2D eigenvalue weighted by atomic mass is 16.3. The number of amides is 1. The Morgan fingerprint density at radius 2 is 1.90 bits per heavy atom. The molecule has 1 atom stereocenters. The van der Waals surface area contributed by atoms with Crippen LogP contribution in [-0.2, 0) is 5.54 Å². The smallest absolute Gasteiger partial charge is 0.254 e. The monoisotopic (exact) mass is 286 g/mol. The molecule has 0 fully saturated rings. The lowest BCUT2D eigenvalue weighted by molar-refractivity contribution is 0.0850. The van der Waals surface area contributed by atoms with E-state index in [1.165, 1.54) is 18.2 Å². The molecule has 0 spiro atoms. The number of aliphatic hydroxyl groups is 1. The van der Waals surface area contributed by atoms with E-state index in [9.17, 15) is 15.0 Å². The van der Waals surface area contributed by atoms with Gasteiger partial charge in [0.2, 0.25) is 0 Å². The summed E-state index contributed by atoms with van der Waals surface area (Å²) in [6.07, 6.45) is 0. The number of hydrogen-bond donors (Lipinski definition) is 4. The van der Waals surface area contributed by atoms with Crippen LogP contribution < -0.4 is 11.1 Å². The minimum atomic E-state index is -0.934. The van der Waals surface area contributed by atoms with Crippen LogP contribution in [0, 0.1) is 0 Å². The summed E-state index contributed by atoms with van der Waals surface area (Å²) in [5, 5.41) is 21.9. The van der Waals surface area contributed by atoms with Crippen molar-refractivity contribution in [2.75, 3.05) is 12.3 Å². The summed E-state index contributed by atoms with van der Waals surface area (Å²) in [6.45, 7) is 1.46. The van der Waals surface area contributed by atoms with Gasteiger partial charge in [0.15, 0.2) is 0 Å². The van der Waals surface area contributed by atoms with Crippen molar-refractivity contribution in [3.8, 4) is 5.75 Å². The molecule has 1 amide bonds. The first-order valence-corrected chi connectivity index (χ1v) is 6.53. The molecule has 5 N–H and O–H groups in total. The van der Waals surface area contributed by atoms with E-state index in [4.69, 9.17) is 5.73 Å². The van der Waals surface area contributed by atoms with E-state index in [-0.39, 0.29) is 23.6 Å². The lowest BCUT2D eigenvalue weighted by Gasteiger charge is -2.29. The standard InChI is InChI=1S/C16H18N2O3/c1-16(10-19,11-5-3-2-4-6-11)18-15(21)13-9-12(20)7-8-14(13)17/h2-9,19-20H,10,17H2,1H3,(H,18,21). The molecule has 5 heteroatoms. The van der Waals surface area contributed by atoms with Crippen LogP contribution in [0.5, 0.6) is 5.75 Å². The molecule has 110 valence electrons. The molecule has 0 bridgehead atoms. The number of nitrogen functional groups attached to an aromatic ring is 1. The quantitative estimate of drug-likeness (QED) is 0.507. The number of phenolic OH excluding ortho intramolecular Hbond substituents is 1. The van der Waals surface area contributed by atoms with Gasteiger partial charge in [0, 0.05) is 5.69 Å². The van der Waals surface area contributed by atoms with E-state index in [1.54, 1.807) is 6.92 Å². The molecule has 0 heterocycles. The van der Waals surface area contributed by atoms with Crippen molar-refractivity contribution in [1.82, 2.24) is 5.32 Å². The first-order chi connectivity index (χ1) is 9.96. The second-order valence-electron chi connectivity index (χ2n) is 5.08. The fourth-order valence-corrected chi connectivity index (χ4v) is 2.07. The third-order valence-electron chi connectivity index (χ3n) is 3.40. The van der Waals surface area contributed by atoms with E-state index >= 15 is 0 Å². The maximum absolute atomic E-state index is 12.4. The molecule has 0 aromatic heterocycles. The highest BCUT2D eigenvalue weighted by Gasteiger charge is 2.28. The first kappa shape index (κ1) is 14.9. The fraction of sp³-hybridized carbons (Fsp3) is 0.188. The Labute approximate surface area is 123 Å². The summed E-state index contributed by atoms with van der Waals surface area (Å²) in [5.41, 5.74) is 6.03. The van der Waals surface area contributed by atoms with Crippen molar-refractivity contribution in [3.05, 3.63) is 59.7 Å². The average Bonchev–Trinajstić information content (AvgIpc) is 2.50. The summed E-state index contributed by atoms with van der Waals surface area (Å²) in [5.74, 6) is -0.497. The molecule has 0 radical (unpaired) electrons. The van der Waals surface area contributed by atoms with E-state index in [0.717, 1.165) is 5.56 Å². The van der Waals surface area contributed by atoms with Gasteiger partial charge in [-0.25, -0.2) is 0 Å². The number of anilines is 1. The second kappa shape index (κ2) is 5.85. The second-order valence-corrected chi connectivity index (χ2v) is 5.08. The van der Waals surface area contributed by atoms with Crippen LogP contribution in [0.4, 0.5) is 5.69 Å². The molecule has 0 saturated carbocycles. The van der Waals surface area contributed by atoms with Gasteiger partial charge in [-0.05, 0) is 30.7 Å². The zero-order valence-corrected chi connectivity index (χ0v) is 11.7. The largest absolute Gasteiger partial charge is 0.508 e. The molecular weight excluding hydrogens is 268 g/mol. The predicted octanol–water partition coefficient (Wildman–Crippen LogP) is 1.61. The molecule has 0 aliphatic carbocycles. The van der Waals surface area contributed by atoms with Gasteiger partial charge in [-0.3, -0.25) is 4.79 Å². The number of rotatable bonds is 4. The van der Waals surface area contributed by atoms with Crippen LogP contribution in [-0.4, -0.2) is 22.7 Å². The maximum Gasteiger partial charge on any atom is 0.254 e. The molecule has 0 aliphatic heterocycles. The minimum absolute atomic E-state index is 0.0419. The normalized spacial score (nSPS) is 13.4. The number of hydrogen-bond acceptors (Lipinski definition) is 4. The van der Waals surface area contributed by atoms with Gasteiger partial charge in [-0.1, -0.05) is 30.3 Å². The molecule has 1 unspecified atom stereocenters. The number of aliphatic hydroxyl groups excluding tert-OH is 1. The Kier molecular flexibility index (Phi) is 4.14. The Bertz CT molecular complexity index is 643.